The van der Waals surface area contributed by atoms with E-state index in [0.717, 1.165) is 6.92 Å². The van der Waals surface area contributed by atoms with E-state index in [2.05, 4.69) is 5.32 Å². The molecule has 1 aromatic carbocycles. The van der Waals surface area contributed by atoms with E-state index in [0.29, 0.717) is 5.56 Å². The summed E-state index contributed by atoms with van der Waals surface area (Å²) in [5.41, 5.74) is 0.704. The first-order valence-corrected chi connectivity index (χ1v) is 14.7. The van der Waals surface area contributed by atoms with Gasteiger partial charge in [0.05, 0.1) is 6.61 Å². The van der Waals surface area contributed by atoms with Crippen LogP contribution in [0.25, 0.3) is 0 Å². The van der Waals surface area contributed by atoms with E-state index in [9.17, 15) is 24.0 Å². The molecular weight excluding hydrogens is 614 g/mol. The lowest BCUT2D eigenvalue weighted by molar-refractivity contribution is -0.380. The van der Waals surface area contributed by atoms with Crippen LogP contribution in [-0.2, 0) is 71.3 Å². The number of hydrogen-bond acceptors (Lipinski definition) is 15. The molecule has 254 valence electrons. The first kappa shape index (κ1) is 35.2. The van der Waals surface area contributed by atoms with Gasteiger partial charge < -0.3 is 52.7 Å². The summed E-state index contributed by atoms with van der Waals surface area (Å²) in [6.07, 6.45) is -11.2. The van der Waals surface area contributed by atoms with Crippen LogP contribution >= 0.6 is 0 Å². The van der Waals surface area contributed by atoms with Crippen molar-refractivity contribution in [3.63, 3.8) is 0 Å². The van der Waals surface area contributed by atoms with Gasteiger partial charge in [-0.05, 0) is 0 Å². The maximum Gasteiger partial charge on any atom is 0.303 e. The van der Waals surface area contributed by atoms with E-state index in [-0.39, 0.29) is 26.2 Å². The number of benzene rings is 1. The normalized spacial score (nSPS) is 32.3. The summed E-state index contributed by atoms with van der Waals surface area (Å²) >= 11 is 0. The van der Waals surface area contributed by atoms with Crippen LogP contribution in [-0.4, -0.2) is 112 Å². The van der Waals surface area contributed by atoms with Crippen LogP contribution in [0, 0.1) is 0 Å². The lowest BCUT2D eigenvalue weighted by atomic mass is 9.96. The number of carbonyl (C=O) groups is 5. The molecule has 1 N–H and O–H groups in total. The zero-order valence-electron chi connectivity index (χ0n) is 26.1. The van der Waals surface area contributed by atoms with Crippen LogP contribution in [0.2, 0.25) is 0 Å². The molecule has 1 amide bonds. The molecule has 3 heterocycles. The highest BCUT2D eigenvalue weighted by Crippen LogP contribution is 2.38. The maximum atomic E-state index is 12.3. The van der Waals surface area contributed by atoms with Crippen molar-refractivity contribution in [1.29, 1.82) is 0 Å². The van der Waals surface area contributed by atoms with E-state index < -0.39 is 91.4 Å². The second-order valence-electron chi connectivity index (χ2n) is 10.7. The minimum atomic E-state index is -1.44. The van der Waals surface area contributed by atoms with Gasteiger partial charge in [0, 0.05) is 46.7 Å². The minimum absolute atomic E-state index is 0.0184. The Morgan fingerprint density at radius 2 is 1.50 bits per heavy atom. The fraction of sp³-hybridized carbons (Fsp3) is 0.633. The zero-order chi connectivity index (χ0) is 33.4. The van der Waals surface area contributed by atoms with Gasteiger partial charge in [-0.2, -0.15) is 0 Å². The number of likely N-dealkylation sites (N-methyl/N-ethyl adjacent to an activating group) is 1. The molecule has 3 aliphatic rings. The van der Waals surface area contributed by atoms with Gasteiger partial charge >= 0.3 is 23.9 Å². The largest absolute Gasteiger partial charge is 0.463 e. The summed E-state index contributed by atoms with van der Waals surface area (Å²) in [4.78, 5) is 60.3. The SMILES string of the molecule is CNC(=O)CO[C@H]1C[C@@H](OC(C)=O)[C@H](O[C@@H]2O[C@@H]3COC(c4ccccc4)O[C@@H]3[C@H](OC(C)=O)[C@H]2OC(C)=O)[C@@H](COC(C)=O)O1. The summed E-state index contributed by atoms with van der Waals surface area (Å²) < 4.78 is 58.2. The van der Waals surface area contributed by atoms with Gasteiger partial charge in [0.1, 0.15) is 43.7 Å². The quantitative estimate of drug-likeness (QED) is 0.256. The van der Waals surface area contributed by atoms with Crippen LogP contribution in [0.3, 0.4) is 0 Å². The Bertz CT molecular complexity index is 1230. The van der Waals surface area contributed by atoms with Crippen molar-refractivity contribution in [1.82, 2.24) is 5.32 Å². The average molecular weight is 654 g/mol. The number of carbonyl (C=O) groups excluding carboxylic acids is 5. The van der Waals surface area contributed by atoms with Crippen molar-refractivity contribution < 1.29 is 71.3 Å². The van der Waals surface area contributed by atoms with Gasteiger partial charge in [0.2, 0.25) is 5.91 Å². The molecular formula is C30H39NO15. The molecule has 0 spiro atoms. The van der Waals surface area contributed by atoms with Crippen LogP contribution in [0.15, 0.2) is 30.3 Å². The van der Waals surface area contributed by atoms with Gasteiger partial charge in [-0.1, -0.05) is 30.3 Å². The van der Waals surface area contributed by atoms with Crippen molar-refractivity contribution in [2.24, 2.45) is 0 Å². The van der Waals surface area contributed by atoms with E-state index >= 15 is 0 Å². The van der Waals surface area contributed by atoms with Crippen molar-refractivity contribution in [3.05, 3.63) is 35.9 Å². The fourth-order valence-corrected chi connectivity index (χ4v) is 5.31. The molecule has 10 atom stereocenters. The van der Waals surface area contributed by atoms with E-state index in [4.69, 9.17) is 47.4 Å². The van der Waals surface area contributed by atoms with Crippen molar-refractivity contribution in [2.75, 3.05) is 26.9 Å². The molecule has 4 rings (SSSR count). The number of amides is 1. The zero-order valence-corrected chi connectivity index (χ0v) is 26.1. The first-order chi connectivity index (χ1) is 21.9. The van der Waals surface area contributed by atoms with Crippen LogP contribution in [0.5, 0.6) is 0 Å². The predicted molar refractivity (Wildman–Crippen MR) is 150 cm³/mol. The molecule has 0 bridgehead atoms. The molecule has 3 fully saturated rings. The third-order valence-electron chi connectivity index (χ3n) is 7.18. The molecule has 46 heavy (non-hydrogen) atoms. The Hall–Kier alpha value is -3.67. The van der Waals surface area contributed by atoms with Gasteiger partial charge in [-0.25, -0.2) is 0 Å². The van der Waals surface area contributed by atoms with Crippen molar-refractivity contribution in [2.45, 2.75) is 95.7 Å². The summed E-state index contributed by atoms with van der Waals surface area (Å²) in [5.74, 6) is -3.15. The minimum Gasteiger partial charge on any atom is -0.463 e. The Labute approximate surface area is 265 Å². The Morgan fingerprint density at radius 3 is 2.13 bits per heavy atom. The molecule has 0 aromatic heterocycles. The standard InChI is InChI=1S/C30H39NO15/c1-15(32)37-12-21-25(20(40-16(2)33)11-24(43-21)38-14-23(36)31-5)45-30-28(42-18(4)35)27(41-17(3)34)26-22(44-30)13-39-29(46-26)19-9-7-6-8-10-19/h6-10,20-22,24-30H,11-14H2,1-5H3,(H,31,36)/t20-,21-,22-,24-,25+,26+,27+,28-,29?,30+/m1/s1. The van der Waals surface area contributed by atoms with Crippen LogP contribution in [0.1, 0.15) is 46.0 Å². The fourth-order valence-electron chi connectivity index (χ4n) is 5.31. The van der Waals surface area contributed by atoms with Crippen molar-refractivity contribution in [3.8, 4) is 0 Å². The number of hydrogen-bond donors (Lipinski definition) is 1. The Kier molecular flexibility index (Phi) is 12.4. The number of fused-ring (bicyclic) bond motifs is 1. The van der Waals surface area contributed by atoms with Gasteiger partial charge in [0.15, 0.2) is 31.1 Å². The molecule has 0 saturated carbocycles. The smallest absolute Gasteiger partial charge is 0.303 e. The van der Waals surface area contributed by atoms with Crippen LogP contribution in [0.4, 0.5) is 0 Å². The number of nitrogens with one attached hydrogen (secondary N) is 1. The average Bonchev–Trinajstić information content (AvgIpc) is 3.01. The molecule has 16 heteroatoms. The highest BCUT2D eigenvalue weighted by molar-refractivity contribution is 5.76. The summed E-state index contributed by atoms with van der Waals surface area (Å²) in [6, 6.07) is 9.07. The highest BCUT2D eigenvalue weighted by atomic mass is 16.8. The van der Waals surface area contributed by atoms with Gasteiger partial charge in [0.25, 0.3) is 0 Å². The summed E-state index contributed by atoms with van der Waals surface area (Å²) in [7, 11) is 1.43. The van der Waals surface area contributed by atoms with Crippen molar-refractivity contribution >= 4 is 29.8 Å². The molecule has 16 nitrogen and oxygen atoms in total. The van der Waals surface area contributed by atoms with Crippen LogP contribution < -0.4 is 5.32 Å². The number of ether oxygens (including phenoxy) is 10. The van der Waals surface area contributed by atoms with Gasteiger partial charge in [-0.15, -0.1) is 0 Å². The van der Waals surface area contributed by atoms with E-state index in [1.165, 1.54) is 27.8 Å². The van der Waals surface area contributed by atoms with E-state index in [1.807, 2.05) is 18.2 Å². The highest BCUT2D eigenvalue weighted by Gasteiger charge is 2.56. The third kappa shape index (κ3) is 9.43. The first-order valence-electron chi connectivity index (χ1n) is 14.7. The molecule has 0 aliphatic carbocycles. The lowest BCUT2D eigenvalue weighted by Gasteiger charge is -2.49. The third-order valence-corrected chi connectivity index (χ3v) is 7.18. The van der Waals surface area contributed by atoms with Gasteiger partial charge in [-0.3, -0.25) is 24.0 Å². The second kappa shape index (κ2) is 16.2. The van der Waals surface area contributed by atoms with E-state index in [1.54, 1.807) is 12.1 Å². The lowest BCUT2D eigenvalue weighted by Crippen LogP contribution is -2.66. The molecule has 3 saturated heterocycles. The molecule has 1 unspecified atom stereocenters. The molecule has 0 radical (unpaired) electrons. The Morgan fingerprint density at radius 1 is 0.826 bits per heavy atom. The second-order valence-corrected chi connectivity index (χ2v) is 10.7. The predicted octanol–water partition coefficient (Wildman–Crippen LogP) is 0.447. The molecule has 3 aliphatic heterocycles. The number of esters is 4. The Balaban J connectivity index is 1.64. The maximum absolute atomic E-state index is 12.3. The summed E-state index contributed by atoms with van der Waals surface area (Å²) in [6.45, 7) is 3.99. The molecule has 1 aromatic rings. The monoisotopic (exact) mass is 653 g/mol. The summed E-state index contributed by atoms with van der Waals surface area (Å²) in [5, 5.41) is 2.42. The number of rotatable bonds is 11. The topological polar surface area (TPSA) is 190 Å².